The van der Waals surface area contributed by atoms with E-state index in [1.807, 2.05) is 17.5 Å². The lowest BCUT2D eigenvalue weighted by atomic mass is 9.62. The van der Waals surface area contributed by atoms with Gasteiger partial charge in [-0.15, -0.1) is 11.3 Å². The minimum atomic E-state index is 0.211. The molecular weight excluding hydrogens is 418 g/mol. The SMILES string of the molecule is Cc1cc(-c2nccc3c2sc2cc4c(c(C)c23)C(C)(C)CCC4(C)C)cc2ccccc12. The second-order valence-electron chi connectivity index (χ2n) is 11.2. The van der Waals surface area contributed by atoms with Crippen LogP contribution >= 0.6 is 11.3 Å². The molecule has 0 aliphatic heterocycles. The van der Waals surface area contributed by atoms with Crippen molar-refractivity contribution in [2.24, 2.45) is 0 Å². The van der Waals surface area contributed by atoms with E-state index in [0.717, 1.165) is 5.69 Å². The Morgan fingerprint density at radius 2 is 1.61 bits per heavy atom. The van der Waals surface area contributed by atoms with E-state index in [1.54, 1.807) is 11.1 Å². The van der Waals surface area contributed by atoms with Crippen molar-refractivity contribution in [2.75, 3.05) is 0 Å². The highest BCUT2D eigenvalue weighted by molar-refractivity contribution is 7.26. The van der Waals surface area contributed by atoms with Crippen molar-refractivity contribution in [1.82, 2.24) is 4.98 Å². The van der Waals surface area contributed by atoms with Crippen LogP contribution in [0.5, 0.6) is 0 Å². The Kier molecular flexibility index (Phi) is 4.36. The molecule has 0 bridgehead atoms. The Morgan fingerprint density at radius 3 is 2.42 bits per heavy atom. The minimum Gasteiger partial charge on any atom is -0.255 e. The van der Waals surface area contributed by atoms with Crippen LogP contribution in [-0.2, 0) is 10.8 Å². The molecule has 3 aromatic carbocycles. The number of rotatable bonds is 1. The summed E-state index contributed by atoms with van der Waals surface area (Å²) >= 11 is 1.92. The van der Waals surface area contributed by atoms with E-state index < -0.39 is 0 Å². The zero-order valence-electron chi connectivity index (χ0n) is 20.5. The van der Waals surface area contributed by atoms with Crippen molar-refractivity contribution in [3.05, 3.63) is 77.0 Å². The van der Waals surface area contributed by atoms with Gasteiger partial charge in [0.1, 0.15) is 0 Å². The quantitative estimate of drug-likeness (QED) is 0.248. The van der Waals surface area contributed by atoms with Crippen LogP contribution in [0.1, 0.15) is 62.8 Å². The van der Waals surface area contributed by atoms with E-state index >= 15 is 0 Å². The third kappa shape index (κ3) is 3.00. The average molecular weight is 450 g/mol. The molecule has 1 aliphatic rings. The van der Waals surface area contributed by atoms with Gasteiger partial charge in [0.2, 0.25) is 0 Å². The van der Waals surface area contributed by atoms with E-state index in [0.29, 0.717) is 0 Å². The molecule has 6 rings (SSSR count). The molecule has 2 heterocycles. The van der Waals surface area contributed by atoms with E-state index in [4.69, 9.17) is 4.98 Å². The third-order valence-corrected chi connectivity index (χ3v) is 9.21. The maximum absolute atomic E-state index is 4.92. The smallest absolute Gasteiger partial charge is 0.0880 e. The van der Waals surface area contributed by atoms with Crippen molar-refractivity contribution >= 4 is 42.3 Å². The van der Waals surface area contributed by atoms with Crippen molar-refractivity contribution in [3.63, 3.8) is 0 Å². The summed E-state index contributed by atoms with van der Waals surface area (Å²) in [5.74, 6) is 0. The highest BCUT2D eigenvalue weighted by Crippen LogP contribution is 2.51. The van der Waals surface area contributed by atoms with Crippen LogP contribution < -0.4 is 0 Å². The molecule has 33 heavy (non-hydrogen) atoms. The summed E-state index contributed by atoms with van der Waals surface area (Å²) in [5, 5.41) is 5.38. The van der Waals surface area contributed by atoms with Crippen LogP contribution in [-0.4, -0.2) is 4.98 Å². The molecule has 0 N–H and O–H groups in total. The van der Waals surface area contributed by atoms with Gasteiger partial charge in [0.15, 0.2) is 0 Å². The van der Waals surface area contributed by atoms with Gasteiger partial charge in [-0.3, -0.25) is 4.98 Å². The number of hydrogen-bond donors (Lipinski definition) is 0. The molecule has 0 fully saturated rings. The molecule has 1 aliphatic carbocycles. The van der Waals surface area contributed by atoms with Gasteiger partial charge in [-0.05, 0) is 94.8 Å². The van der Waals surface area contributed by atoms with Gasteiger partial charge in [-0.1, -0.05) is 52.0 Å². The molecular formula is C31H31NS. The van der Waals surface area contributed by atoms with E-state index in [9.17, 15) is 0 Å². The lowest BCUT2D eigenvalue weighted by molar-refractivity contribution is 0.331. The Balaban J connectivity index is 1.68. The number of hydrogen-bond acceptors (Lipinski definition) is 2. The molecule has 1 nitrogen and oxygen atoms in total. The van der Waals surface area contributed by atoms with Crippen LogP contribution in [0.15, 0.2) is 54.7 Å². The molecule has 5 aromatic rings. The van der Waals surface area contributed by atoms with Crippen LogP contribution in [0.4, 0.5) is 0 Å². The first-order valence-electron chi connectivity index (χ1n) is 12.0. The van der Waals surface area contributed by atoms with Crippen molar-refractivity contribution in [3.8, 4) is 11.3 Å². The Labute approximate surface area is 200 Å². The van der Waals surface area contributed by atoms with Gasteiger partial charge >= 0.3 is 0 Å². The standard InChI is InChI=1S/C31H31NS/c1-18-15-21(16-20-9-7-8-10-22(18)20)28-29-23(11-14-32-28)26-19(2)27-24(17-25(26)33-29)30(3,4)12-13-31(27,5)6/h7-11,14-17H,12-13H2,1-6H3. The van der Waals surface area contributed by atoms with Gasteiger partial charge in [-0.2, -0.15) is 0 Å². The van der Waals surface area contributed by atoms with Gasteiger partial charge in [-0.25, -0.2) is 0 Å². The highest BCUT2D eigenvalue weighted by atomic mass is 32.1. The molecule has 2 aromatic heterocycles. The number of thiophene rings is 1. The Hall–Kier alpha value is -2.71. The number of fused-ring (bicyclic) bond motifs is 5. The highest BCUT2D eigenvalue weighted by Gasteiger charge is 2.39. The van der Waals surface area contributed by atoms with E-state index in [2.05, 4.69) is 90.1 Å². The topological polar surface area (TPSA) is 12.9 Å². The van der Waals surface area contributed by atoms with E-state index in [1.165, 1.54) is 60.5 Å². The summed E-state index contributed by atoms with van der Waals surface area (Å²) in [7, 11) is 0. The number of nitrogens with zero attached hydrogens (tertiary/aromatic N) is 1. The molecule has 0 saturated heterocycles. The van der Waals surface area contributed by atoms with Crippen molar-refractivity contribution in [1.29, 1.82) is 0 Å². The minimum absolute atomic E-state index is 0.211. The van der Waals surface area contributed by atoms with Crippen LogP contribution in [0, 0.1) is 13.8 Å². The predicted octanol–water partition coefficient (Wildman–Crippen LogP) is 9.24. The zero-order valence-corrected chi connectivity index (χ0v) is 21.3. The second kappa shape index (κ2) is 6.90. The lowest BCUT2D eigenvalue weighted by Gasteiger charge is -2.43. The number of aryl methyl sites for hydroxylation is 2. The molecule has 0 unspecified atom stereocenters. The summed E-state index contributed by atoms with van der Waals surface area (Å²) in [6, 6.07) is 18.0. The summed E-state index contributed by atoms with van der Waals surface area (Å²) in [4.78, 5) is 4.92. The Morgan fingerprint density at radius 1 is 0.848 bits per heavy atom. The fraction of sp³-hybridized carbons (Fsp3) is 0.323. The molecule has 2 heteroatoms. The fourth-order valence-corrected chi connectivity index (χ4v) is 7.51. The van der Waals surface area contributed by atoms with Crippen molar-refractivity contribution < 1.29 is 0 Å². The van der Waals surface area contributed by atoms with Gasteiger partial charge < -0.3 is 0 Å². The summed E-state index contributed by atoms with van der Waals surface area (Å²) < 4.78 is 2.71. The molecule has 0 spiro atoms. The normalized spacial score (nSPS) is 17.0. The summed E-state index contributed by atoms with van der Waals surface area (Å²) in [5.41, 5.74) is 8.65. The van der Waals surface area contributed by atoms with Crippen LogP contribution in [0.2, 0.25) is 0 Å². The number of aromatic nitrogens is 1. The van der Waals surface area contributed by atoms with Gasteiger partial charge in [0, 0.05) is 27.2 Å². The first kappa shape index (κ1) is 20.9. The third-order valence-electron chi connectivity index (χ3n) is 8.05. The largest absolute Gasteiger partial charge is 0.255 e. The molecule has 166 valence electrons. The molecule has 0 saturated carbocycles. The zero-order chi connectivity index (χ0) is 23.1. The van der Waals surface area contributed by atoms with Gasteiger partial charge in [0.25, 0.3) is 0 Å². The van der Waals surface area contributed by atoms with Gasteiger partial charge in [0.05, 0.1) is 10.4 Å². The average Bonchev–Trinajstić information content (AvgIpc) is 3.16. The number of benzene rings is 3. The second-order valence-corrected chi connectivity index (χ2v) is 12.3. The summed E-state index contributed by atoms with van der Waals surface area (Å²) in [6.07, 6.45) is 4.49. The molecule has 0 amide bonds. The monoisotopic (exact) mass is 449 g/mol. The van der Waals surface area contributed by atoms with Crippen LogP contribution in [0.3, 0.4) is 0 Å². The Bertz CT molecular complexity index is 1580. The molecule has 0 atom stereocenters. The first-order chi connectivity index (χ1) is 15.7. The lowest BCUT2D eigenvalue weighted by Crippen LogP contribution is -2.34. The maximum Gasteiger partial charge on any atom is 0.0880 e. The fourth-order valence-electron chi connectivity index (χ4n) is 6.20. The predicted molar refractivity (Wildman–Crippen MR) is 145 cm³/mol. The maximum atomic E-state index is 4.92. The molecule has 0 radical (unpaired) electrons. The summed E-state index contributed by atoms with van der Waals surface area (Å²) in [6.45, 7) is 14.3. The number of pyridine rings is 1. The van der Waals surface area contributed by atoms with Crippen LogP contribution in [0.25, 0.3) is 42.2 Å². The van der Waals surface area contributed by atoms with E-state index in [-0.39, 0.29) is 10.8 Å². The van der Waals surface area contributed by atoms with Crippen molar-refractivity contribution in [2.45, 2.75) is 65.2 Å². The first-order valence-corrected chi connectivity index (χ1v) is 12.8.